The van der Waals surface area contributed by atoms with E-state index >= 15 is 0 Å². The zero-order valence-corrected chi connectivity index (χ0v) is 10.8. The number of hydrogen-bond acceptors (Lipinski definition) is 3. The molecule has 0 amide bonds. The Hall–Kier alpha value is -1.32. The van der Waals surface area contributed by atoms with Crippen LogP contribution in [0.25, 0.3) is 0 Å². The van der Waals surface area contributed by atoms with Crippen molar-refractivity contribution in [1.82, 2.24) is 4.98 Å². The maximum Gasteiger partial charge on any atom is 0.152 e. The lowest BCUT2D eigenvalue weighted by Crippen LogP contribution is -1.91. The summed E-state index contributed by atoms with van der Waals surface area (Å²) in [4.78, 5) is 16.3. The third-order valence-corrected chi connectivity index (χ3v) is 3.46. The lowest BCUT2D eigenvalue weighted by atomic mass is 10.3. The van der Waals surface area contributed by atoms with Crippen molar-refractivity contribution in [3.8, 4) is 0 Å². The molecule has 0 aliphatic rings. The third-order valence-electron chi connectivity index (χ3n) is 2.18. The third kappa shape index (κ3) is 3.08. The van der Waals surface area contributed by atoms with Gasteiger partial charge in [0.05, 0.1) is 0 Å². The molecule has 1 heterocycles. The minimum absolute atomic E-state index is 0.607. The quantitative estimate of drug-likeness (QED) is 0.784. The number of nitrogens with zero attached hydrogens (tertiary/aromatic N) is 1. The number of aryl methyl sites for hydroxylation is 1. The molecule has 2 rings (SSSR count). The maximum absolute atomic E-state index is 10.9. The molecule has 0 saturated carbocycles. The van der Waals surface area contributed by atoms with Gasteiger partial charge in [0.25, 0.3) is 0 Å². The molecule has 0 saturated heterocycles. The van der Waals surface area contributed by atoms with Crippen molar-refractivity contribution >= 4 is 29.6 Å². The van der Waals surface area contributed by atoms with E-state index in [4.69, 9.17) is 11.6 Å². The van der Waals surface area contributed by atoms with Crippen molar-refractivity contribution in [2.75, 3.05) is 0 Å². The standard InChI is InChI=1S/C13H10ClNOS/c1-9-2-3-10(8-16)13(15-9)17-12-6-4-11(14)5-7-12/h2-8H,1H3. The number of carbonyl (C=O) groups excluding carboxylic acids is 1. The number of halogens is 1. The average molecular weight is 264 g/mol. The smallest absolute Gasteiger partial charge is 0.152 e. The zero-order valence-electron chi connectivity index (χ0n) is 9.18. The number of carbonyl (C=O) groups is 1. The van der Waals surface area contributed by atoms with E-state index in [0.29, 0.717) is 10.6 Å². The normalized spacial score (nSPS) is 10.2. The number of aromatic nitrogens is 1. The van der Waals surface area contributed by atoms with Crippen LogP contribution in [-0.2, 0) is 0 Å². The van der Waals surface area contributed by atoms with E-state index in [2.05, 4.69) is 4.98 Å². The highest BCUT2D eigenvalue weighted by molar-refractivity contribution is 7.99. The Labute approximate surface area is 109 Å². The largest absolute Gasteiger partial charge is 0.298 e. The number of aldehydes is 1. The molecule has 0 atom stereocenters. The van der Waals surface area contributed by atoms with E-state index in [9.17, 15) is 4.79 Å². The minimum Gasteiger partial charge on any atom is -0.298 e. The van der Waals surface area contributed by atoms with Crippen LogP contribution in [0.3, 0.4) is 0 Å². The fraction of sp³-hybridized carbons (Fsp3) is 0.0769. The summed E-state index contributed by atoms with van der Waals surface area (Å²) in [6, 6.07) is 11.1. The lowest BCUT2D eigenvalue weighted by Gasteiger charge is -2.04. The summed E-state index contributed by atoms with van der Waals surface area (Å²) in [5.41, 5.74) is 1.50. The molecule has 0 N–H and O–H groups in total. The van der Waals surface area contributed by atoms with Gasteiger partial charge in [-0.25, -0.2) is 4.98 Å². The molecule has 0 unspecified atom stereocenters. The first kappa shape index (κ1) is 12.1. The molecular formula is C13H10ClNOS. The van der Waals surface area contributed by atoms with Gasteiger partial charge >= 0.3 is 0 Å². The van der Waals surface area contributed by atoms with Crippen molar-refractivity contribution in [1.29, 1.82) is 0 Å². The van der Waals surface area contributed by atoms with Gasteiger partial charge in [-0.3, -0.25) is 4.79 Å². The molecular weight excluding hydrogens is 254 g/mol. The van der Waals surface area contributed by atoms with Gasteiger partial charge in [0.2, 0.25) is 0 Å². The van der Waals surface area contributed by atoms with Crippen molar-refractivity contribution in [2.45, 2.75) is 16.8 Å². The fourth-order valence-corrected chi connectivity index (χ4v) is 2.37. The molecule has 0 radical (unpaired) electrons. The van der Waals surface area contributed by atoms with E-state index in [1.165, 1.54) is 11.8 Å². The Balaban J connectivity index is 2.31. The van der Waals surface area contributed by atoms with Crippen LogP contribution in [0.15, 0.2) is 46.3 Å². The molecule has 86 valence electrons. The molecule has 1 aromatic carbocycles. The van der Waals surface area contributed by atoms with Crippen LogP contribution in [0.5, 0.6) is 0 Å². The molecule has 17 heavy (non-hydrogen) atoms. The molecule has 0 aliphatic heterocycles. The highest BCUT2D eigenvalue weighted by atomic mass is 35.5. The first-order valence-electron chi connectivity index (χ1n) is 5.05. The van der Waals surface area contributed by atoms with Gasteiger partial charge < -0.3 is 0 Å². The summed E-state index contributed by atoms with van der Waals surface area (Å²) in [5.74, 6) is 0. The van der Waals surface area contributed by atoms with E-state index < -0.39 is 0 Å². The Kier molecular flexibility index (Phi) is 3.82. The molecule has 1 aromatic heterocycles. The summed E-state index contributed by atoms with van der Waals surface area (Å²) < 4.78 is 0. The predicted octanol–water partition coefficient (Wildman–Crippen LogP) is 4.01. The Morgan fingerprint density at radius 1 is 1.18 bits per heavy atom. The van der Waals surface area contributed by atoms with Gasteiger partial charge in [0, 0.05) is 21.2 Å². The van der Waals surface area contributed by atoms with Crippen LogP contribution < -0.4 is 0 Å². The van der Waals surface area contributed by atoms with Crippen LogP contribution in [0.1, 0.15) is 16.1 Å². The molecule has 2 aromatic rings. The summed E-state index contributed by atoms with van der Waals surface area (Å²) in [5, 5.41) is 1.42. The van der Waals surface area contributed by atoms with Gasteiger partial charge in [0.1, 0.15) is 5.03 Å². The van der Waals surface area contributed by atoms with E-state index in [1.54, 1.807) is 6.07 Å². The van der Waals surface area contributed by atoms with Crippen LogP contribution in [-0.4, -0.2) is 11.3 Å². The minimum atomic E-state index is 0.607. The Bertz CT molecular complexity index is 540. The van der Waals surface area contributed by atoms with Crippen molar-refractivity contribution in [3.05, 3.63) is 52.7 Å². The predicted molar refractivity (Wildman–Crippen MR) is 69.9 cm³/mol. The monoisotopic (exact) mass is 263 g/mol. The molecule has 2 nitrogen and oxygen atoms in total. The zero-order chi connectivity index (χ0) is 12.3. The highest BCUT2D eigenvalue weighted by Crippen LogP contribution is 2.29. The van der Waals surface area contributed by atoms with Gasteiger partial charge in [-0.05, 0) is 43.3 Å². The van der Waals surface area contributed by atoms with Crippen LogP contribution >= 0.6 is 23.4 Å². The van der Waals surface area contributed by atoms with E-state index in [0.717, 1.165) is 21.9 Å². The molecule has 4 heteroatoms. The van der Waals surface area contributed by atoms with Crippen molar-refractivity contribution in [2.24, 2.45) is 0 Å². The highest BCUT2D eigenvalue weighted by Gasteiger charge is 2.06. The second kappa shape index (κ2) is 5.34. The fourth-order valence-electron chi connectivity index (χ4n) is 1.33. The van der Waals surface area contributed by atoms with Crippen LogP contribution in [0.2, 0.25) is 5.02 Å². The number of rotatable bonds is 3. The first-order chi connectivity index (χ1) is 8.19. The number of benzene rings is 1. The van der Waals surface area contributed by atoms with Gasteiger partial charge in [-0.15, -0.1) is 0 Å². The number of hydrogen-bond donors (Lipinski definition) is 0. The van der Waals surface area contributed by atoms with E-state index in [-0.39, 0.29) is 0 Å². The average Bonchev–Trinajstić information content (AvgIpc) is 2.32. The topological polar surface area (TPSA) is 30.0 Å². The second-order valence-corrected chi connectivity index (χ2v) is 5.02. The lowest BCUT2D eigenvalue weighted by molar-refractivity contribution is 0.112. The summed E-state index contributed by atoms with van der Waals surface area (Å²) in [6.45, 7) is 1.90. The van der Waals surface area contributed by atoms with Gasteiger partial charge in [0.15, 0.2) is 6.29 Å². The Morgan fingerprint density at radius 3 is 2.53 bits per heavy atom. The maximum atomic E-state index is 10.9. The second-order valence-electron chi connectivity index (χ2n) is 3.52. The van der Waals surface area contributed by atoms with Gasteiger partial charge in [-0.1, -0.05) is 23.4 Å². The summed E-state index contributed by atoms with van der Waals surface area (Å²) >= 11 is 7.28. The SMILES string of the molecule is Cc1ccc(C=O)c(Sc2ccc(Cl)cc2)n1. The first-order valence-corrected chi connectivity index (χ1v) is 6.25. The molecule has 0 fully saturated rings. The summed E-state index contributed by atoms with van der Waals surface area (Å²) in [6.07, 6.45) is 0.824. The number of pyridine rings is 1. The molecule has 0 spiro atoms. The van der Waals surface area contributed by atoms with Crippen molar-refractivity contribution < 1.29 is 4.79 Å². The summed E-state index contributed by atoms with van der Waals surface area (Å²) in [7, 11) is 0. The van der Waals surface area contributed by atoms with Crippen LogP contribution in [0.4, 0.5) is 0 Å². The van der Waals surface area contributed by atoms with Crippen LogP contribution in [0, 0.1) is 6.92 Å². The Morgan fingerprint density at radius 2 is 1.88 bits per heavy atom. The molecule has 0 aliphatic carbocycles. The van der Waals surface area contributed by atoms with Gasteiger partial charge in [-0.2, -0.15) is 0 Å². The van der Waals surface area contributed by atoms with E-state index in [1.807, 2.05) is 37.3 Å². The molecule has 0 bridgehead atoms. The van der Waals surface area contributed by atoms with Crippen molar-refractivity contribution in [3.63, 3.8) is 0 Å².